The maximum atomic E-state index is 11.1. The molecule has 6 nitrogen and oxygen atoms in total. The van der Waals surface area contributed by atoms with Gasteiger partial charge < -0.3 is 15.4 Å². The number of aromatic nitrogens is 2. The van der Waals surface area contributed by atoms with Crippen LogP contribution in [0, 0.1) is 0 Å². The molecule has 0 radical (unpaired) electrons. The van der Waals surface area contributed by atoms with E-state index in [-0.39, 0.29) is 12.4 Å². The number of ether oxygens (including phenoxy) is 1. The molecule has 0 saturated carbocycles. The first-order chi connectivity index (χ1) is 10.2. The Morgan fingerprint density at radius 3 is 2.57 bits per heavy atom. The Labute approximate surface area is 123 Å². The predicted molar refractivity (Wildman–Crippen MR) is 82.1 cm³/mol. The smallest absolute Gasteiger partial charge is 0.307 e. The summed E-state index contributed by atoms with van der Waals surface area (Å²) in [4.78, 5) is 20.0. The largest absolute Gasteiger partial charge is 0.469 e. The molecule has 2 aromatic rings. The minimum atomic E-state index is -0.256. The van der Waals surface area contributed by atoms with Crippen molar-refractivity contribution in [1.29, 1.82) is 0 Å². The van der Waals surface area contributed by atoms with Crippen molar-refractivity contribution in [2.24, 2.45) is 0 Å². The molecular formula is C15H18N4O2. The lowest BCUT2D eigenvalue weighted by atomic mass is 10.2. The maximum Gasteiger partial charge on any atom is 0.307 e. The van der Waals surface area contributed by atoms with Gasteiger partial charge >= 0.3 is 5.97 Å². The highest BCUT2D eigenvalue weighted by atomic mass is 16.5. The van der Waals surface area contributed by atoms with E-state index in [1.165, 1.54) is 7.11 Å². The Bertz CT molecular complexity index is 602. The third kappa shape index (κ3) is 4.17. The number of anilines is 2. The highest BCUT2D eigenvalue weighted by Crippen LogP contribution is 2.19. The fourth-order valence-electron chi connectivity index (χ4n) is 1.78. The van der Waals surface area contributed by atoms with Gasteiger partial charge in [-0.2, -0.15) is 0 Å². The highest BCUT2D eigenvalue weighted by Gasteiger charge is 2.06. The summed E-state index contributed by atoms with van der Waals surface area (Å²) in [5.41, 5.74) is 0.936. The van der Waals surface area contributed by atoms with Crippen molar-refractivity contribution in [2.75, 3.05) is 31.3 Å². The first-order valence-electron chi connectivity index (χ1n) is 6.66. The predicted octanol–water partition coefficient (Wildman–Crippen LogP) is 2.16. The minimum Gasteiger partial charge on any atom is -0.469 e. The zero-order valence-electron chi connectivity index (χ0n) is 12.1. The lowest BCUT2D eigenvalue weighted by Crippen LogP contribution is -2.11. The molecule has 0 aliphatic carbocycles. The molecule has 0 aliphatic heterocycles. The van der Waals surface area contributed by atoms with E-state index in [1.54, 1.807) is 13.1 Å². The molecule has 0 unspecified atom stereocenters. The summed E-state index contributed by atoms with van der Waals surface area (Å²) in [6, 6.07) is 11.5. The molecule has 6 heteroatoms. The Balaban J connectivity index is 2.16. The number of methoxy groups -OCH3 is 1. The molecule has 110 valence electrons. The van der Waals surface area contributed by atoms with Crippen molar-refractivity contribution in [3.63, 3.8) is 0 Å². The van der Waals surface area contributed by atoms with Crippen molar-refractivity contribution >= 4 is 17.6 Å². The molecular weight excluding hydrogens is 268 g/mol. The van der Waals surface area contributed by atoms with E-state index in [0.29, 0.717) is 24.0 Å². The lowest BCUT2D eigenvalue weighted by molar-refractivity contribution is -0.140. The molecule has 0 bridgehead atoms. The number of hydrogen-bond acceptors (Lipinski definition) is 6. The van der Waals surface area contributed by atoms with E-state index < -0.39 is 0 Å². The molecule has 0 atom stereocenters. The molecule has 0 spiro atoms. The van der Waals surface area contributed by atoms with E-state index in [2.05, 4.69) is 25.3 Å². The van der Waals surface area contributed by atoms with Gasteiger partial charge in [-0.25, -0.2) is 9.97 Å². The Hall–Kier alpha value is -2.63. The highest BCUT2D eigenvalue weighted by molar-refractivity contribution is 5.70. The van der Waals surface area contributed by atoms with Crippen molar-refractivity contribution in [3.8, 4) is 11.4 Å². The van der Waals surface area contributed by atoms with Crippen molar-refractivity contribution < 1.29 is 9.53 Å². The molecule has 0 saturated heterocycles. The van der Waals surface area contributed by atoms with Crippen LogP contribution in [0.4, 0.5) is 11.6 Å². The summed E-state index contributed by atoms with van der Waals surface area (Å²) in [5, 5.41) is 6.11. The van der Waals surface area contributed by atoms with E-state index in [4.69, 9.17) is 0 Å². The molecule has 1 aromatic heterocycles. The van der Waals surface area contributed by atoms with Gasteiger partial charge in [0.2, 0.25) is 0 Å². The van der Waals surface area contributed by atoms with E-state index in [0.717, 1.165) is 5.56 Å². The van der Waals surface area contributed by atoms with Gasteiger partial charge in [0.15, 0.2) is 5.82 Å². The van der Waals surface area contributed by atoms with Crippen LogP contribution in [0.25, 0.3) is 11.4 Å². The SMILES string of the molecule is CNc1cc(NCCC(=O)OC)nc(-c2ccccc2)n1. The number of nitrogens with zero attached hydrogens (tertiary/aromatic N) is 2. The number of hydrogen-bond donors (Lipinski definition) is 2. The average molecular weight is 286 g/mol. The molecule has 2 rings (SSSR count). The van der Waals surface area contributed by atoms with Crippen molar-refractivity contribution in [3.05, 3.63) is 36.4 Å². The van der Waals surface area contributed by atoms with Gasteiger partial charge in [-0.05, 0) is 0 Å². The number of carbonyl (C=O) groups excluding carboxylic acids is 1. The molecule has 0 amide bonds. The fourth-order valence-corrected chi connectivity index (χ4v) is 1.78. The van der Waals surface area contributed by atoms with Gasteiger partial charge in [0.25, 0.3) is 0 Å². The van der Waals surface area contributed by atoms with Crippen LogP contribution in [0.2, 0.25) is 0 Å². The zero-order valence-corrected chi connectivity index (χ0v) is 12.1. The molecule has 1 heterocycles. The Kier molecular flexibility index (Phi) is 5.09. The number of benzene rings is 1. The third-order valence-corrected chi connectivity index (χ3v) is 2.88. The normalized spacial score (nSPS) is 10.0. The first-order valence-corrected chi connectivity index (χ1v) is 6.66. The second-order valence-corrected chi connectivity index (χ2v) is 4.33. The standard InChI is InChI=1S/C15H18N4O2/c1-16-12-10-13(17-9-8-14(20)21-2)19-15(18-12)11-6-4-3-5-7-11/h3-7,10H,8-9H2,1-2H3,(H2,16,17,18,19). The summed E-state index contributed by atoms with van der Waals surface area (Å²) >= 11 is 0. The number of esters is 1. The van der Waals surface area contributed by atoms with Crippen LogP contribution in [0.5, 0.6) is 0 Å². The van der Waals surface area contributed by atoms with Crippen LogP contribution in [0.3, 0.4) is 0 Å². The zero-order chi connectivity index (χ0) is 15.1. The maximum absolute atomic E-state index is 11.1. The summed E-state index contributed by atoms with van der Waals surface area (Å²) in [7, 11) is 3.18. The van der Waals surface area contributed by atoms with Crippen LogP contribution in [-0.4, -0.2) is 36.6 Å². The van der Waals surface area contributed by atoms with Crippen molar-refractivity contribution in [1.82, 2.24) is 9.97 Å². The monoisotopic (exact) mass is 286 g/mol. The number of carbonyl (C=O) groups is 1. The molecule has 1 aromatic carbocycles. The molecule has 0 aliphatic rings. The summed E-state index contributed by atoms with van der Waals surface area (Å²) in [6.07, 6.45) is 0.288. The molecule has 2 N–H and O–H groups in total. The lowest BCUT2D eigenvalue weighted by Gasteiger charge is -2.09. The van der Waals surface area contributed by atoms with Crippen molar-refractivity contribution in [2.45, 2.75) is 6.42 Å². The summed E-state index contributed by atoms with van der Waals surface area (Å²) in [6.45, 7) is 0.459. The van der Waals surface area contributed by atoms with Crippen LogP contribution in [0.1, 0.15) is 6.42 Å². The Morgan fingerprint density at radius 2 is 1.90 bits per heavy atom. The van der Waals surface area contributed by atoms with E-state index in [1.807, 2.05) is 30.3 Å². The van der Waals surface area contributed by atoms with E-state index in [9.17, 15) is 4.79 Å². The third-order valence-electron chi connectivity index (χ3n) is 2.88. The van der Waals surface area contributed by atoms with Gasteiger partial charge in [-0.15, -0.1) is 0 Å². The Morgan fingerprint density at radius 1 is 1.19 bits per heavy atom. The molecule has 0 fully saturated rings. The fraction of sp³-hybridized carbons (Fsp3) is 0.267. The molecule has 21 heavy (non-hydrogen) atoms. The number of nitrogens with one attached hydrogen (secondary N) is 2. The quantitative estimate of drug-likeness (QED) is 0.793. The second kappa shape index (κ2) is 7.23. The second-order valence-electron chi connectivity index (χ2n) is 4.33. The average Bonchev–Trinajstić information content (AvgIpc) is 2.55. The van der Waals surface area contributed by atoms with Gasteiger partial charge in [0, 0.05) is 25.2 Å². The van der Waals surface area contributed by atoms with Crippen LogP contribution in [-0.2, 0) is 9.53 Å². The van der Waals surface area contributed by atoms with Crippen LogP contribution >= 0.6 is 0 Å². The minimum absolute atomic E-state index is 0.256. The van der Waals surface area contributed by atoms with Crippen LogP contribution < -0.4 is 10.6 Å². The summed E-state index contributed by atoms with van der Waals surface area (Å²) < 4.78 is 4.60. The number of rotatable bonds is 6. The van der Waals surface area contributed by atoms with Gasteiger partial charge in [0.05, 0.1) is 13.5 Å². The van der Waals surface area contributed by atoms with Crippen LogP contribution in [0.15, 0.2) is 36.4 Å². The topological polar surface area (TPSA) is 76.1 Å². The first kappa shape index (κ1) is 14.8. The van der Waals surface area contributed by atoms with Gasteiger partial charge in [0.1, 0.15) is 11.6 Å². The van der Waals surface area contributed by atoms with Gasteiger partial charge in [-0.1, -0.05) is 30.3 Å². The summed E-state index contributed by atoms with van der Waals surface area (Å²) in [5.74, 6) is 1.75. The van der Waals surface area contributed by atoms with E-state index >= 15 is 0 Å². The van der Waals surface area contributed by atoms with Gasteiger partial charge in [-0.3, -0.25) is 4.79 Å².